The Labute approximate surface area is 107 Å². The van der Waals surface area contributed by atoms with E-state index in [-0.39, 0.29) is 6.10 Å². The highest BCUT2D eigenvalue weighted by Gasteiger charge is 2.34. The van der Waals surface area contributed by atoms with Gasteiger partial charge in [0.15, 0.2) is 5.82 Å². The molecule has 100 valence electrons. The monoisotopic (exact) mass is 252 g/mol. The molecule has 1 fully saturated rings. The number of aliphatic hydroxyl groups is 1. The minimum atomic E-state index is -0.615. The van der Waals surface area contributed by atoms with Crippen LogP contribution in [0, 0.1) is 0 Å². The second-order valence-electron chi connectivity index (χ2n) is 5.04. The van der Waals surface area contributed by atoms with E-state index in [0.717, 1.165) is 19.3 Å². The lowest BCUT2D eigenvalue weighted by Gasteiger charge is -2.36. The lowest BCUT2D eigenvalue weighted by atomic mass is 9.80. The Morgan fingerprint density at radius 2 is 2.22 bits per heavy atom. The molecule has 0 atom stereocenters. The number of aromatic nitrogens is 2. The van der Waals surface area contributed by atoms with Crippen LogP contribution in [0.4, 0.5) is 11.5 Å². The normalized spacial score (nSPS) is 17.3. The van der Waals surface area contributed by atoms with Crippen molar-refractivity contribution in [2.45, 2.75) is 44.8 Å². The third kappa shape index (κ3) is 2.81. The van der Waals surface area contributed by atoms with Gasteiger partial charge in [0.1, 0.15) is 12.0 Å². The number of ether oxygens (including phenoxy) is 1. The van der Waals surface area contributed by atoms with Gasteiger partial charge in [-0.3, -0.25) is 0 Å². The molecule has 0 aliphatic heterocycles. The van der Waals surface area contributed by atoms with E-state index in [1.807, 2.05) is 13.8 Å². The predicted molar refractivity (Wildman–Crippen MR) is 69.5 cm³/mol. The number of hydrogen-bond donors (Lipinski definition) is 3. The Morgan fingerprint density at radius 3 is 2.78 bits per heavy atom. The summed E-state index contributed by atoms with van der Waals surface area (Å²) in [7, 11) is 0. The molecule has 2 rings (SSSR count). The lowest BCUT2D eigenvalue weighted by molar-refractivity contribution is -0.0202. The number of nitrogens with one attached hydrogen (secondary N) is 1. The number of nitrogens with two attached hydrogens (primary N) is 1. The quantitative estimate of drug-likeness (QED) is 0.728. The maximum Gasteiger partial charge on any atom is 0.242 e. The number of anilines is 2. The van der Waals surface area contributed by atoms with Crippen LogP contribution >= 0.6 is 0 Å². The van der Waals surface area contributed by atoms with E-state index in [9.17, 15) is 5.11 Å². The van der Waals surface area contributed by atoms with Crippen LogP contribution in [0.5, 0.6) is 5.88 Å². The smallest absolute Gasteiger partial charge is 0.242 e. The van der Waals surface area contributed by atoms with Gasteiger partial charge in [-0.25, -0.2) is 4.98 Å². The summed E-state index contributed by atoms with van der Waals surface area (Å²) in [5.74, 6) is 0.893. The summed E-state index contributed by atoms with van der Waals surface area (Å²) in [6, 6.07) is 0. The molecule has 6 heteroatoms. The Balaban J connectivity index is 2.03. The number of nitrogens with zero attached hydrogens (tertiary/aromatic N) is 2. The first-order valence-corrected chi connectivity index (χ1v) is 6.23. The van der Waals surface area contributed by atoms with Gasteiger partial charge in [-0.15, -0.1) is 0 Å². The molecule has 6 nitrogen and oxygen atoms in total. The lowest BCUT2D eigenvalue weighted by Crippen LogP contribution is -2.43. The first-order chi connectivity index (χ1) is 8.50. The first-order valence-electron chi connectivity index (χ1n) is 6.23. The van der Waals surface area contributed by atoms with Crippen LogP contribution in [0.15, 0.2) is 6.33 Å². The zero-order chi connectivity index (χ0) is 13.2. The Hall–Kier alpha value is -1.56. The van der Waals surface area contributed by atoms with E-state index >= 15 is 0 Å². The van der Waals surface area contributed by atoms with Crippen molar-refractivity contribution in [2.75, 3.05) is 17.6 Å². The number of rotatable bonds is 5. The van der Waals surface area contributed by atoms with Crippen LogP contribution in [-0.2, 0) is 0 Å². The standard InChI is InChI=1S/C12H20N4O2/c1-8(2)18-11-9(13)10(15-7-16-11)14-6-12(17)4-3-5-12/h7-8,17H,3-6,13H2,1-2H3,(H,14,15,16). The molecule has 4 N–H and O–H groups in total. The highest BCUT2D eigenvalue weighted by molar-refractivity contribution is 5.66. The molecule has 0 radical (unpaired) electrons. The van der Waals surface area contributed by atoms with Crippen LogP contribution < -0.4 is 15.8 Å². The maximum absolute atomic E-state index is 10.00. The molecule has 1 heterocycles. The van der Waals surface area contributed by atoms with Crippen molar-refractivity contribution in [3.05, 3.63) is 6.33 Å². The van der Waals surface area contributed by atoms with Crippen molar-refractivity contribution in [3.63, 3.8) is 0 Å². The van der Waals surface area contributed by atoms with E-state index in [1.165, 1.54) is 6.33 Å². The largest absolute Gasteiger partial charge is 0.473 e. The summed E-state index contributed by atoms with van der Waals surface area (Å²) in [4.78, 5) is 8.07. The minimum absolute atomic E-state index is 0.00543. The van der Waals surface area contributed by atoms with Gasteiger partial charge in [0.05, 0.1) is 11.7 Å². The van der Waals surface area contributed by atoms with E-state index in [1.54, 1.807) is 0 Å². The average molecular weight is 252 g/mol. The van der Waals surface area contributed by atoms with Gasteiger partial charge in [-0.2, -0.15) is 4.98 Å². The summed E-state index contributed by atoms with van der Waals surface area (Å²) in [5.41, 5.74) is 5.70. The van der Waals surface area contributed by atoms with E-state index in [0.29, 0.717) is 23.9 Å². The van der Waals surface area contributed by atoms with Gasteiger partial charge < -0.3 is 20.9 Å². The van der Waals surface area contributed by atoms with Gasteiger partial charge >= 0.3 is 0 Å². The molecule has 1 aromatic rings. The summed E-state index contributed by atoms with van der Waals surface area (Å²) < 4.78 is 5.48. The molecule has 18 heavy (non-hydrogen) atoms. The topological polar surface area (TPSA) is 93.3 Å². The highest BCUT2D eigenvalue weighted by atomic mass is 16.5. The highest BCUT2D eigenvalue weighted by Crippen LogP contribution is 2.32. The van der Waals surface area contributed by atoms with Gasteiger partial charge in [0.2, 0.25) is 5.88 Å². The van der Waals surface area contributed by atoms with Crippen LogP contribution in [0.2, 0.25) is 0 Å². The van der Waals surface area contributed by atoms with Crippen LogP contribution in [0.25, 0.3) is 0 Å². The molecule has 0 amide bonds. The van der Waals surface area contributed by atoms with Crippen LogP contribution in [-0.4, -0.2) is 33.3 Å². The van der Waals surface area contributed by atoms with E-state index in [4.69, 9.17) is 10.5 Å². The summed E-state index contributed by atoms with van der Waals surface area (Å²) in [6.07, 6.45) is 4.12. The fraction of sp³-hybridized carbons (Fsp3) is 0.667. The van der Waals surface area contributed by atoms with Crippen molar-refractivity contribution in [1.82, 2.24) is 9.97 Å². The summed E-state index contributed by atoms with van der Waals surface area (Å²) >= 11 is 0. The summed E-state index contributed by atoms with van der Waals surface area (Å²) in [6.45, 7) is 4.27. The van der Waals surface area contributed by atoms with E-state index in [2.05, 4.69) is 15.3 Å². The zero-order valence-corrected chi connectivity index (χ0v) is 10.8. The van der Waals surface area contributed by atoms with Gasteiger partial charge in [0.25, 0.3) is 0 Å². The first kappa shape index (κ1) is 12.9. The second kappa shape index (κ2) is 4.97. The Bertz CT molecular complexity index is 419. The van der Waals surface area contributed by atoms with E-state index < -0.39 is 5.60 Å². The van der Waals surface area contributed by atoms with Gasteiger partial charge in [-0.05, 0) is 33.1 Å². The SMILES string of the molecule is CC(C)Oc1ncnc(NCC2(O)CCC2)c1N. The van der Waals surface area contributed by atoms with Crippen molar-refractivity contribution in [2.24, 2.45) is 0 Å². The number of hydrogen-bond acceptors (Lipinski definition) is 6. The van der Waals surface area contributed by atoms with Gasteiger partial charge in [0, 0.05) is 6.54 Å². The van der Waals surface area contributed by atoms with Crippen molar-refractivity contribution in [1.29, 1.82) is 0 Å². The Morgan fingerprint density at radius 1 is 1.50 bits per heavy atom. The average Bonchev–Trinajstić information content (AvgIpc) is 2.27. The molecule has 1 aliphatic rings. The second-order valence-corrected chi connectivity index (χ2v) is 5.04. The fourth-order valence-electron chi connectivity index (χ4n) is 1.85. The van der Waals surface area contributed by atoms with Crippen LogP contribution in [0.3, 0.4) is 0 Å². The minimum Gasteiger partial charge on any atom is -0.473 e. The molecule has 1 aromatic heterocycles. The van der Waals surface area contributed by atoms with Crippen molar-refractivity contribution in [3.8, 4) is 5.88 Å². The number of nitrogen functional groups attached to an aromatic ring is 1. The Kier molecular flexibility index (Phi) is 3.56. The van der Waals surface area contributed by atoms with Crippen molar-refractivity contribution >= 4 is 11.5 Å². The molecule has 0 saturated heterocycles. The molecule has 0 spiro atoms. The molecule has 0 aromatic carbocycles. The summed E-state index contributed by atoms with van der Waals surface area (Å²) in [5, 5.41) is 13.1. The predicted octanol–water partition coefficient (Wildman–Crippen LogP) is 1.17. The molecule has 0 bridgehead atoms. The fourth-order valence-corrected chi connectivity index (χ4v) is 1.85. The third-order valence-electron chi connectivity index (χ3n) is 3.06. The van der Waals surface area contributed by atoms with Gasteiger partial charge in [-0.1, -0.05) is 0 Å². The van der Waals surface area contributed by atoms with Crippen molar-refractivity contribution < 1.29 is 9.84 Å². The third-order valence-corrected chi connectivity index (χ3v) is 3.06. The van der Waals surface area contributed by atoms with Crippen LogP contribution in [0.1, 0.15) is 33.1 Å². The molecule has 1 saturated carbocycles. The molecule has 0 unspecified atom stereocenters. The zero-order valence-electron chi connectivity index (χ0n) is 10.8. The molecular weight excluding hydrogens is 232 g/mol. The molecule has 1 aliphatic carbocycles. The molecular formula is C12H20N4O2. The maximum atomic E-state index is 10.00.